The molecule has 1 aliphatic rings. The predicted octanol–water partition coefficient (Wildman–Crippen LogP) is 3.42. The fourth-order valence-electron chi connectivity index (χ4n) is 3.34. The topological polar surface area (TPSA) is 148 Å². The number of nitrogens with zero attached hydrogens (tertiary/aromatic N) is 2. The Morgan fingerprint density at radius 1 is 1.05 bits per heavy atom. The lowest BCUT2D eigenvalue weighted by Crippen LogP contribution is -2.54. The van der Waals surface area contributed by atoms with Gasteiger partial charge >= 0.3 is 6.03 Å². The molecule has 0 radical (unpaired) electrons. The number of nitro benzene ring substituents is 1. The first-order chi connectivity index (χ1) is 17.7. The second kappa shape index (κ2) is 10.5. The van der Waals surface area contributed by atoms with Gasteiger partial charge in [0, 0.05) is 17.8 Å². The molecule has 11 nitrogen and oxygen atoms in total. The van der Waals surface area contributed by atoms with Crippen LogP contribution in [0.4, 0.5) is 26.2 Å². The first-order valence-corrected chi connectivity index (χ1v) is 10.7. The summed E-state index contributed by atoms with van der Waals surface area (Å²) in [6.07, 6.45) is 1.25. The lowest BCUT2D eigenvalue weighted by molar-refractivity contribution is -0.384. The van der Waals surface area contributed by atoms with Crippen LogP contribution in [0.15, 0.2) is 78.4 Å². The van der Waals surface area contributed by atoms with Crippen LogP contribution in [-0.4, -0.2) is 35.3 Å². The van der Waals surface area contributed by atoms with Crippen molar-refractivity contribution in [1.29, 1.82) is 0 Å². The second-order valence-electron chi connectivity index (χ2n) is 7.65. The summed E-state index contributed by atoms with van der Waals surface area (Å²) in [6.45, 7) is -0.320. The number of imide groups is 2. The summed E-state index contributed by atoms with van der Waals surface area (Å²) in [4.78, 5) is 60.6. The SMILES string of the molecule is O=C(COc1ccc(/C=C2/C(=O)NC(=O)N(c3cccc([N+](=O)[O-])c3)C2=O)cc1)Nc1ccc(F)cc1. The Morgan fingerprint density at radius 2 is 1.76 bits per heavy atom. The molecule has 0 atom stereocenters. The van der Waals surface area contributed by atoms with E-state index in [0.29, 0.717) is 21.9 Å². The molecule has 4 rings (SSSR count). The fourth-order valence-corrected chi connectivity index (χ4v) is 3.34. The zero-order chi connectivity index (χ0) is 26.5. The Labute approximate surface area is 208 Å². The van der Waals surface area contributed by atoms with Gasteiger partial charge in [-0.3, -0.25) is 29.8 Å². The number of carbonyl (C=O) groups excluding carboxylic acids is 4. The quantitative estimate of drug-likeness (QED) is 0.217. The maximum Gasteiger partial charge on any atom is 0.335 e. The molecule has 186 valence electrons. The predicted molar refractivity (Wildman–Crippen MR) is 129 cm³/mol. The highest BCUT2D eigenvalue weighted by Gasteiger charge is 2.37. The number of barbiturate groups is 1. The molecule has 0 unspecified atom stereocenters. The van der Waals surface area contributed by atoms with Crippen LogP contribution in [0.3, 0.4) is 0 Å². The smallest absolute Gasteiger partial charge is 0.335 e. The third-order valence-corrected chi connectivity index (χ3v) is 5.09. The van der Waals surface area contributed by atoms with E-state index in [0.717, 1.165) is 6.07 Å². The molecule has 0 saturated carbocycles. The Hall–Kier alpha value is -5.39. The monoisotopic (exact) mass is 504 g/mol. The van der Waals surface area contributed by atoms with Crippen molar-refractivity contribution in [2.45, 2.75) is 0 Å². The molecule has 1 saturated heterocycles. The van der Waals surface area contributed by atoms with Gasteiger partial charge in [-0.1, -0.05) is 18.2 Å². The molecule has 0 aromatic heterocycles. The first kappa shape index (κ1) is 24.7. The van der Waals surface area contributed by atoms with Crippen LogP contribution in [0.25, 0.3) is 6.08 Å². The van der Waals surface area contributed by atoms with E-state index in [2.05, 4.69) is 5.32 Å². The number of ether oxygens (including phenoxy) is 1. The number of hydrogen-bond donors (Lipinski definition) is 2. The third kappa shape index (κ3) is 5.82. The maximum absolute atomic E-state index is 13.0. The van der Waals surface area contributed by atoms with Crippen LogP contribution >= 0.6 is 0 Å². The van der Waals surface area contributed by atoms with E-state index in [-0.39, 0.29) is 23.6 Å². The number of rotatable bonds is 7. The van der Waals surface area contributed by atoms with Crippen molar-refractivity contribution in [3.63, 3.8) is 0 Å². The maximum atomic E-state index is 13.0. The Bertz CT molecular complexity index is 1440. The molecule has 1 heterocycles. The molecule has 3 aromatic carbocycles. The van der Waals surface area contributed by atoms with Gasteiger partial charge in [0.05, 0.1) is 10.6 Å². The van der Waals surface area contributed by atoms with Gasteiger partial charge in [0.2, 0.25) is 0 Å². The Kier molecular flexibility index (Phi) is 7.00. The summed E-state index contributed by atoms with van der Waals surface area (Å²) in [5, 5.41) is 15.7. The van der Waals surface area contributed by atoms with Gasteiger partial charge in [-0.25, -0.2) is 14.1 Å². The number of nitrogens with one attached hydrogen (secondary N) is 2. The minimum absolute atomic E-state index is 0.0715. The van der Waals surface area contributed by atoms with Gasteiger partial charge in [0.25, 0.3) is 23.4 Å². The summed E-state index contributed by atoms with van der Waals surface area (Å²) in [5.74, 6) is -2.45. The second-order valence-corrected chi connectivity index (χ2v) is 7.65. The Balaban J connectivity index is 1.45. The van der Waals surface area contributed by atoms with Crippen molar-refractivity contribution >= 4 is 46.9 Å². The van der Waals surface area contributed by atoms with E-state index < -0.39 is 34.5 Å². The summed E-state index contributed by atoms with van der Waals surface area (Å²) in [5.41, 5.74) is 0.0543. The number of anilines is 2. The molecule has 1 fully saturated rings. The molecule has 37 heavy (non-hydrogen) atoms. The van der Waals surface area contributed by atoms with E-state index in [1.54, 1.807) is 0 Å². The van der Waals surface area contributed by atoms with Crippen molar-refractivity contribution in [2.24, 2.45) is 0 Å². The summed E-state index contributed by atoms with van der Waals surface area (Å²) >= 11 is 0. The van der Waals surface area contributed by atoms with E-state index in [9.17, 15) is 33.7 Å². The molecule has 0 bridgehead atoms. The van der Waals surface area contributed by atoms with E-state index >= 15 is 0 Å². The summed E-state index contributed by atoms with van der Waals surface area (Å²) in [7, 11) is 0. The van der Waals surface area contributed by atoms with E-state index in [4.69, 9.17) is 4.74 Å². The Morgan fingerprint density at radius 3 is 2.43 bits per heavy atom. The largest absolute Gasteiger partial charge is 0.484 e. The van der Waals surface area contributed by atoms with Crippen molar-refractivity contribution in [1.82, 2.24) is 5.32 Å². The standard InChI is InChI=1S/C25H17FN4O7/c26-16-6-8-17(9-7-16)27-22(31)14-37-20-10-4-15(5-11-20)12-21-23(32)28-25(34)29(24(21)33)18-2-1-3-19(13-18)30(35)36/h1-13H,14H2,(H,27,31)(H,28,32,34)/b21-12-. The highest BCUT2D eigenvalue weighted by molar-refractivity contribution is 6.39. The molecule has 0 spiro atoms. The lowest BCUT2D eigenvalue weighted by atomic mass is 10.1. The number of amides is 5. The minimum Gasteiger partial charge on any atom is -0.484 e. The molecule has 5 amide bonds. The molecule has 3 aromatic rings. The molecule has 2 N–H and O–H groups in total. The van der Waals surface area contributed by atoms with Crippen LogP contribution in [0.2, 0.25) is 0 Å². The van der Waals surface area contributed by atoms with Gasteiger partial charge in [-0.15, -0.1) is 0 Å². The zero-order valence-electron chi connectivity index (χ0n) is 18.8. The number of carbonyl (C=O) groups is 4. The number of urea groups is 1. The highest BCUT2D eigenvalue weighted by Crippen LogP contribution is 2.26. The number of hydrogen-bond acceptors (Lipinski definition) is 7. The normalized spacial score (nSPS) is 14.4. The van der Waals surface area contributed by atoms with Crippen molar-refractivity contribution < 1.29 is 33.2 Å². The minimum atomic E-state index is -1.03. The van der Waals surface area contributed by atoms with Crippen LogP contribution in [-0.2, 0) is 14.4 Å². The summed E-state index contributed by atoms with van der Waals surface area (Å²) in [6, 6.07) is 15.1. The average molecular weight is 504 g/mol. The fraction of sp³-hybridized carbons (Fsp3) is 0.0400. The van der Waals surface area contributed by atoms with E-state index in [1.165, 1.54) is 72.8 Å². The van der Waals surface area contributed by atoms with Gasteiger partial charge in [0.15, 0.2) is 6.61 Å². The van der Waals surface area contributed by atoms with Gasteiger partial charge in [-0.2, -0.15) is 0 Å². The summed E-state index contributed by atoms with van der Waals surface area (Å²) < 4.78 is 18.4. The first-order valence-electron chi connectivity index (χ1n) is 10.7. The lowest BCUT2D eigenvalue weighted by Gasteiger charge is -2.26. The van der Waals surface area contributed by atoms with Crippen LogP contribution in [0.1, 0.15) is 5.56 Å². The van der Waals surface area contributed by atoms with E-state index in [1.807, 2.05) is 5.32 Å². The molecule has 1 aliphatic heterocycles. The third-order valence-electron chi connectivity index (χ3n) is 5.09. The van der Waals surface area contributed by atoms with Crippen molar-refractivity contribution in [3.05, 3.63) is 99.9 Å². The number of halogens is 1. The number of nitro groups is 1. The van der Waals surface area contributed by atoms with Crippen LogP contribution in [0.5, 0.6) is 5.75 Å². The number of benzene rings is 3. The number of non-ortho nitro benzene ring substituents is 1. The van der Waals surface area contributed by atoms with Crippen LogP contribution in [0, 0.1) is 15.9 Å². The molecule has 0 aliphatic carbocycles. The van der Waals surface area contributed by atoms with Crippen molar-refractivity contribution in [2.75, 3.05) is 16.8 Å². The van der Waals surface area contributed by atoms with Crippen LogP contribution < -0.4 is 20.3 Å². The van der Waals surface area contributed by atoms with Gasteiger partial charge in [0.1, 0.15) is 17.1 Å². The van der Waals surface area contributed by atoms with Crippen molar-refractivity contribution in [3.8, 4) is 5.75 Å². The zero-order valence-corrected chi connectivity index (χ0v) is 18.8. The van der Waals surface area contributed by atoms with Gasteiger partial charge < -0.3 is 10.1 Å². The molecular formula is C25H17FN4O7. The van der Waals surface area contributed by atoms with Gasteiger partial charge in [-0.05, 0) is 54.1 Å². The molecular weight excluding hydrogens is 487 g/mol. The average Bonchev–Trinajstić information content (AvgIpc) is 2.87. The molecule has 12 heteroatoms. The highest BCUT2D eigenvalue weighted by atomic mass is 19.1.